The summed E-state index contributed by atoms with van der Waals surface area (Å²) in [7, 11) is 0. The molecule has 3 aromatic heterocycles. The number of aliphatic hydroxyl groups excluding tert-OH is 1. The van der Waals surface area contributed by atoms with Gasteiger partial charge in [0.1, 0.15) is 0 Å². The molecule has 25 heavy (non-hydrogen) atoms. The molecule has 0 bridgehead atoms. The fourth-order valence-corrected chi connectivity index (χ4v) is 3.15. The fraction of sp³-hybridized carbons (Fsp3) is 0.400. The van der Waals surface area contributed by atoms with Crippen LogP contribution in [0.5, 0.6) is 5.88 Å². The molecule has 5 heteroatoms. The van der Waals surface area contributed by atoms with E-state index >= 15 is 0 Å². The molecule has 0 fully saturated rings. The van der Waals surface area contributed by atoms with Crippen molar-refractivity contribution in [1.29, 1.82) is 0 Å². The van der Waals surface area contributed by atoms with Gasteiger partial charge in [0, 0.05) is 12.4 Å². The fourth-order valence-electron chi connectivity index (χ4n) is 3.15. The van der Waals surface area contributed by atoms with Crippen LogP contribution in [0.2, 0.25) is 0 Å². The maximum absolute atomic E-state index is 9.55. The molecule has 0 radical (unpaired) electrons. The van der Waals surface area contributed by atoms with Gasteiger partial charge in [0.25, 0.3) is 0 Å². The maximum atomic E-state index is 9.55. The van der Waals surface area contributed by atoms with Crippen molar-refractivity contribution in [3.8, 4) is 17.1 Å². The first-order valence-electron chi connectivity index (χ1n) is 8.80. The molecular formula is C20H25N3O2. The molecule has 1 unspecified atom stereocenters. The van der Waals surface area contributed by atoms with E-state index in [0.29, 0.717) is 12.5 Å². The monoisotopic (exact) mass is 339 g/mol. The summed E-state index contributed by atoms with van der Waals surface area (Å²) in [6, 6.07) is 6.12. The van der Waals surface area contributed by atoms with Crippen LogP contribution in [-0.4, -0.2) is 32.9 Å². The molecule has 0 spiro atoms. The van der Waals surface area contributed by atoms with Gasteiger partial charge in [-0.15, -0.1) is 0 Å². The first kappa shape index (κ1) is 17.4. The molecule has 0 saturated carbocycles. The zero-order chi connectivity index (χ0) is 18.0. The Morgan fingerprint density at radius 1 is 1.32 bits per heavy atom. The van der Waals surface area contributed by atoms with Crippen LogP contribution in [0.4, 0.5) is 0 Å². The Hall–Kier alpha value is -2.40. The Kier molecular flexibility index (Phi) is 5.04. The Morgan fingerprint density at radius 2 is 2.12 bits per heavy atom. The van der Waals surface area contributed by atoms with Gasteiger partial charge in [-0.2, -0.15) is 0 Å². The minimum absolute atomic E-state index is 0.0194. The predicted molar refractivity (Wildman–Crippen MR) is 100 cm³/mol. The van der Waals surface area contributed by atoms with Crippen LogP contribution in [0.25, 0.3) is 22.3 Å². The number of hydrogen-bond donors (Lipinski definition) is 1. The van der Waals surface area contributed by atoms with E-state index in [0.717, 1.165) is 39.8 Å². The van der Waals surface area contributed by atoms with E-state index in [9.17, 15) is 5.11 Å². The van der Waals surface area contributed by atoms with Gasteiger partial charge in [0.15, 0.2) is 0 Å². The number of nitrogens with zero attached hydrogens (tertiary/aromatic N) is 3. The third kappa shape index (κ3) is 3.12. The molecule has 3 rings (SSSR count). The lowest BCUT2D eigenvalue weighted by Crippen LogP contribution is -2.08. The second-order valence-electron chi connectivity index (χ2n) is 6.26. The lowest BCUT2D eigenvalue weighted by molar-refractivity contribution is 0.241. The summed E-state index contributed by atoms with van der Waals surface area (Å²) in [6.07, 6.45) is 4.66. The molecule has 5 nitrogen and oxygen atoms in total. The smallest absolute Gasteiger partial charge is 0.222 e. The van der Waals surface area contributed by atoms with Crippen LogP contribution in [0.3, 0.4) is 0 Å². The van der Waals surface area contributed by atoms with Crippen LogP contribution >= 0.6 is 0 Å². The summed E-state index contributed by atoms with van der Waals surface area (Å²) >= 11 is 0. The molecule has 3 aromatic rings. The normalized spacial score (nSPS) is 12.5. The van der Waals surface area contributed by atoms with Crippen molar-refractivity contribution in [2.45, 2.75) is 40.2 Å². The minimum atomic E-state index is 0.0194. The summed E-state index contributed by atoms with van der Waals surface area (Å²) in [5.74, 6) is 0.618. The zero-order valence-corrected chi connectivity index (χ0v) is 15.3. The predicted octanol–water partition coefficient (Wildman–Crippen LogP) is 3.92. The molecule has 0 amide bonds. The standard InChI is InChI=1S/C20H25N3O2/c1-5-15-10-17-18(13(3)11-23(17)14(4)12-24)22-19(15)16-8-7-9-21-20(16)25-6-2/h7-11,14,24H,5-6,12H2,1-4H3. The van der Waals surface area contributed by atoms with Gasteiger partial charge in [0.2, 0.25) is 5.88 Å². The molecule has 0 saturated heterocycles. The van der Waals surface area contributed by atoms with Crippen LogP contribution in [0.15, 0.2) is 30.6 Å². The van der Waals surface area contributed by atoms with Crippen molar-refractivity contribution in [3.63, 3.8) is 0 Å². The van der Waals surface area contributed by atoms with Gasteiger partial charge >= 0.3 is 0 Å². The van der Waals surface area contributed by atoms with Gasteiger partial charge < -0.3 is 14.4 Å². The molecule has 0 aliphatic carbocycles. The van der Waals surface area contributed by atoms with Gasteiger partial charge in [-0.05, 0) is 56.5 Å². The van der Waals surface area contributed by atoms with Crippen molar-refractivity contribution < 1.29 is 9.84 Å². The Bertz CT molecular complexity index is 886. The van der Waals surface area contributed by atoms with E-state index in [1.165, 1.54) is 0 Å². The topological polar surface area (TPSA) is 60.2 Å². The number of pyridine rings is 2. The van der Waals surface area contributed by atoms with Crippen LogP contribution in [-0.2, 0) is 6.42 Å². The quantitative estimate of drug-likeness (QED) is 0.739. The van der Waals surface area contributed by atoms with Gasteiger partial charge in [-0.1, -0.05) is 6.92 Å². The Labute approximate surface area is 148 Å². The summed E-state index contributed by atoms with van der Waals surface area (Å²) in [4.78, 5) is 9.34. The lowest BCUT2D eigenvalue weighted by Gasteiger charge is -2.15. The number of aliphatic hydroxyl groups is 1. The van der Waals surface area contributed by atoms with E-state index in [1.807, 2.05) is 26.0 Å². The SMILES string of the molecule is CCOc1ncccc1-c1nc2c(C)cn(C(C)CO)c2cc1CC. The number of rotatable bonds is 6. The molecule has 0 aliphatic heterocycles. The van der Waals surface area contributed by atoms with Crippen molar-refractivity contribution in [2.24, 2.45) is 0 Å². The number of ether oxygens (including phenoxy) is 1. The molecule has 0 aliphatic rings. The summed E-state index contributed by atoms with van der Waals surface area (Å²) in [6.45, 7) is 8.81. The number of aromatic nitrogens is 3. The summed E-state index contributed by atoms with van der Waals surface area (Å²) < 4.78 is 7.81. The molecule has 1 N–H and O–H groups in total. The van der Waals surface area contributed by atoms with Crippen molar-refractivity contribution in [3.05, 3.63) is 41.7 Å². The largest absolute Gasteiger partial charge is 0.477 e. The van der Waals surface area contributed by atoms with E-state index in [-0.39, 0.29) is 12.6 Å². The number of aryl methyl sites for hydroxylation is 2. The van der Waals surface area contributed by atoms with Crippen LogP contribution in [0.1, 0.15) is 37.9 Å². The van der Waals surface area contributed by atoms with E-state index in [4.69, 9.17) is 9.72 Å². The van der Waals surface area contributed by atoms with E-state index in [1.54, 1.807) is 6.20 Å². The number of fused-ring (bicyclic) bond motifs is 1. The highest BCUT2D eigenvalue weighted by Crippen LogP contribution is 2.33. The Balaban J connectivity index is 2.25. The molecule has 3 heterocycles. The van der Waals surface area contributed by atoms with Crippen molar-refractivity contribution in [1.82, 2.24) is 14.5 Å². The van der Waals surface area contributed by atoms with Crippen LogP contribution < -0.4 is 4.74 Å². The highest BCUT2D eigenvalue weighted by Gasteiger charge is 2.18. The highest BCUT2D eigenvalue weighted by molar-refractivity contribution is 5.85. The Morgan fingerprint density at radius 3 is 2.80 bits per heavy atom. The van der Waals surface area contributed by atoms with E-state index in [2.05, 4.69) is 35.7 Å². The van der Waals surface area contributed by atoms with Gasteiger partial charge in [-0.3, -0.25) is 0 Å². The average Bonchev–Trinajstić information content (AvgIpc) is 2.96. The maximum Gasteiger partial charge on any atom is 0.222 e. The summed E-state index contributed by atoms with van der Waals surface area (Å²) in [5, 5.41) is 9.55. The number of hydrogen-bond acceptors (Lipinski definition) is 4. The first-order chi connectivity index (χ1) is 12.1. The second-order valence-corrected chi connectivity index (χ2v) is 6.26. The molecule has 1 atom stereocenters. The third-order valence-corrected chi connectivity index (χ3v) is 4.49. The highest BCUT2D eigenvalue weighted by atomic mass is 16.5. The average molecular weight is 339 g/mol. The van der Waals surface area contributed by atoms with Crippen molar-refractivity contribution in [2.75, 3.05) is 13.2 Å². The van der Waals surface area contributed by atoms with E-state index < -0.39 is 0 Å². The zero-order valence-electron chi connectivity index (χ0n) is 15.3. The second kappa shape index (κ2) is 7.23. The minimum Gasteiger partial charge on any atom is -0.477 e. The van der Waals surface area contributed by atoms with Crippen molar-refractivity contribution >= 4 is 11.0 Å². The lowest BCUT2D eigenvalue weighted by atomic mass is 10.0. The third-order valence-electron chi connectivity index (χ3n) is 4.49. The summed E-state index contributed by atoms with van der Waals surface area (Å²) in [5.41, 5.74) is 6.10. The van der Waals surface area contributed by atoms with Gasteiger partial charge in [-0.25, -0.2) is 9.97 Å². The van der Waals surface area contributed by atoms with Crippen LogP contribution in [0, 0.1) is 6.92 Å². The van der Waals surface area contributed by atoms with Gasteiger partial charge in [0.05, 0.1) is 41.5 Å². The first-order valence-corrected chi connectivity index (χ1v) is 8.80. The molecular weight excluding hydrogens is 314 g/mol. The molecule has 132 valence electrons. The molecule has 0 aromatic carbocycles.